The van der Waals surface area contributed by atoms with Gasteiger partial charge in [0.1, 0.15) is 20.2 Å². The monoisotopic (exact) mass is 610 g/mol. The Hall–Kier alpha value is -3.49. The second-order valence-electron chi connectivity index (χ2n) is 8.41. The van der Waals surface area contributed by atoms with Crippen molar-refractivity contribution < 1.29 is 37.4 Å². The Labute approximate surface area is 253 Å². The van der Waals surface area contributed by atoms with Crippen LogP contribution in [-0.4, -0.2) is 78.5 Å². The molecule has 42 heavy (non-hydrogen) atoms. The van der Waals surface area contributed by atoms with Gasteiger partial charge in [0, 0.05) is 23.7 Å². The number of ether oxygens (including phenoxy) is 2. The molecule has 2 amide bonds. The van der Waals surface area contributed by atoms with Gasteiger partial charge in [0.25, 0.3) is 5.91 Å². The third-order valence-electron chi connectivity index (χ3n) is 5.04. The van der Waals surface area contributed by atoms with Crippen molar-refractivity contribution >= 4 is 42.2 Å². The maximum Gasteiger partial charge on any atom is 0.255 e. The van der Waals surface area contributed by atoms with Crippen molar-refractivity contribution in [2.24, 2.45) is 11.5 Å². The van der Waals surface area contributed by atoms with Gasteiger partial charge >= 0.3 is 0 Å². The Morgan fingerprint density at radius 3 is 2.21 bits per heavy atom. The van der Waals surface area contributed by atoms with E-state index in [-0.39, 0.29) is 43.7 Å². The molecular formula is C28H47BN4O8S-. The van der Waals surface area contributed by atoms with Crippen molar-refractivity contribution in [1.82, 2.24) is 10.6 Å². The van der Waals surface area contributed by atoms with E-state index >= 15 is 0 Å². The van der Waals surface area contributed by atoms with Crippen LogP contribution in [0.2, 0.25) is 12.6 Å². The van der Waals surface area contributed by atoms with Gasteiger partial charge in [-0.05, 0) is 51.1 Å². The summed E-state index contributed by atoms with van der Waals surface area (Å²) in [6.45, 7) is 11.1. The molecule has 0 heterocycles. The zero-order chi connectivity index (χ0) is 31.6. The average molecular weight is 611 g/mol. The van der Waals surface area contributed by atoms with Gasteiger partial charge in [0.05, 0.1) is 6.04 Å². The van der Waals surface area contributed by atoms with Gasteiger partial charge in [-0.3, -0.25) is 23.4 Å². The molecule has 0 bridgehead atoms. The molecule has 0 aromatic rings. The number of carbonyl (C=O) groups is 4. The number of nitrogens with one attached hydrogen (secondary N) is 2. The van der Waals surface area contributed by atoms with Crippen molar-refractivity contribution in [3.05, 3.63) is 60.8 Å². The number of aldehydes is 1. The van der Waals surface area contributed by atoms with E-state index in [9.17, 15) is 27.9 Å². The first-order chi connectivity index (χ1) is 19.5. The molecule has 237 valence electrons. The average Bonchev–Trinajstić information content (AvgIpc) is 2.93. The first kappa shape index (κ1) is 43.0. The number of amides is 2. The van der Waals surface area contributed by atoms with Crippen LogP contribution in [0.5, 0.6) is 0 Å². The summed E-state index contributed by atoms with van der Waals surface area (Å²) in [6.07, 6.45) is 10.6. The number of unbranched alkanes of at least 4 members (excludes halogenated alkanes) is 1. The van der Waals surface area contributed by atoms with E-state index in [4.69, 9.17) is 20.9 Å². The van der Waals surface area contributed by atoms with Crippen LogP contribution in [0.15, 0.2) is 60.8 Å². The standard InChI is InChI=1S/C14H18N2O4.C13H26BN2O4S.CH4/c1-3-12(20-10-14(16)18)13(19-9-11(2)15)7-5-4-6-8-17;1-4-12(17)11(7-5-6-8-15-3)16-13(18)10(14-2)9-21(19)20;/h3-8H,1-2,9-10,15H2,(H2,16,18);10-11,15H,4-9H2,1-3H3,(H,16,18)(H,19,20);1H4/p-1/b6-4+,7-5+,13-12-;;. The molecule has 0 aliphatic heterocycles. The minimum Gasteiger partial charge on any atom is -0.772 e. The zero-order valence-electron chi connectivity index (χ0n) is 24.1. The van der Waals surface area contributed by atoms with Gasteiger partial charge in [0.2, 0.25) is 5.91 Å². The van der Waals surface area contributed by atoms with E-state index in [1.54, 1.807) is 27.1 Å². The molecule has 0 spiro atoms. The van der Waals surface area contributed by atoms with Gasteiger partial charge in [-0.25, -0.2) is 0 Å². The van der Waals surface area contributed by atoms with Crippen LogP contribution in [0.3, 0.4) is 0 Å². The van der Waals surface area contributed by atoms with E-state index in [0.717, 1.165) is 19.4 Å². The number of hydrogen-bond donors (Lipinski definition) is 4. The Balaban J connectivity index is -0.000000708. The summed E-state index contributed by atoms with van der Waals surface area (Å²) in [5.74, 6) is -1.52. The number of carbonyl (C=O) groups excluding carboxylic acids is 4. The third kappa shape index (κ3) is 23.2. The molecule has 0 aromatic heterocycles. The van der Waals surface area contributed by atoms with Crippen molar-refractivity contribution in [3.63, 3.8) is 0 Å². The Morgan fingerprint density at radius 1 is 1.10 bits per heavy atom. The Morgan fingerprint density at radius 2 is 1.74 bits per heavy atom. The van der Waals surface area contributed by atoms with Crippen molar-refractivity contribution in [3.8, 4) is 0 Å². The lowest BCUT2D eigenvalue weighted by atomic mass is 9.67. The van der Waals surface area contributed by atoms with Crippen molar-refractivity contribution in [2.45, 2.75) is 58.7 Å². The molecule has 0 aliphatic carbocycles. The second kappa shape index (κ2) is 27.7. The minimum atomic E-state index is -2.29. The minimum absolute atomic E-state index is 0. The molecule has 0 saturated carbocycles. The topological polar surface area (TPSA) is 203 Å². The normalized spacial score (nSPS) is 13.2. The Kier molecular flexibility index (Phi) is 28.3. The van der Waals surface area contributed by atoms with Crippen LogP contribution in [0.4, 0.5) is 0 Å². The molecule has 3 unspecified atom stereocenters. The maximum atomic E-state index is 12.0. The van der Waals surface area contributed by atoms with Crippen LogP contribution < -0.4 is 22.1 Å². The summed E-state index contributed by atoms with van der Waals surface area (Å²) in [6, 6.07) is -0.526. The molecule has 0 aromatic carbocycles. The number of nitrogens with two attached hydrogens (primary N) is 2. The highest BCUT2D eigenvalue weighted by Gasteiger charge is 2.23. The van der Waals surface area contributed by atoms with E-state index < -0.39 is 34.8 Å². The fraction of sp³-hybridized carbons (Fsp3) is 0.500. The third-order valence-corrected chi connectivity index (χ3v) is 5.67. The lowest BCUT2D eigenvalue weighted by molar-refractivity contribution is -0.127. The molecule has 0 fully saturated rings. The molecule has 0 aliphatic rings. The predicted molar refractivity (Wildman–Crippen MR) is 167 cm³/mol. The number of ketones is 1. The summed E-state index contributed by atoms with van der Waals surface area (Å²) in [5, 5.41) is 5.72. The lowest BCUT2D eigenvalue weighted by Crippen LogP contribution is -2.44. The SMILES string of the molecule is C.C=C\C(OCC(N)=O)=C(/C=C/C=C/C=O)OCC(=C)N.C[B]C(CS(=O)[O-])C(=O)NC(CCCCNC)C(=O)CC. The van der Waals surface area contributed by atoms with Gasteiger partial charge in [-0.1, -0.05) is 57.6 Å². The fourth-order valence-electron chi connectivity index (χ4n) is 2.96. The molecular weight excluding hydrogens is 563 g/mol. The summed E-state index contributed by atoms with van der Waals surface area (Å²) in [7, 11) is 3.40. The smallest absolute Gasteiger partial charge is 0.255 e. The number of Topliss-reactive ketones (excluding diaryl/α,β-unsaturated/α-hetero) is 1. The fourth-order valence-corrected chi connectivity index (χ4v) is 3.60. The second-order valence-corrected chi connectivity index (χ2v) is 9.35. The number of rotatable bonds is 22. The summed E-state index contributed by atoms with van der Waals surface area (Å²) < 4.78 is 32.0. The van der Waals surface area contributed by atoms with Gasteiger partial charge in [0.15, 0.2) is 23.9 Å². The highest BCUT2D eigenvalue weighted by atomic mass is 32.2. The number of hydrogen-bond acceptors (Lipinski definition) is 10. The zero-order valence-corrected chi connectivity index (χ0v) is 24.9. The highest BCUT2D eigenvalue weighted by Crippen LogP contribution is 2.12. The van der Waals surface area contributed by atoms with Crippen molar-refractivity contribution in [1.29, 1.82) is 0 Å². The number of allylic oxidation sites excluding steroid dienone is 5. The van der Waals surface area contributed by atoms with Gasteiger partial charge in [-0.2, -0.15) is 0 Å². The van der Waals surface area contributed by atoms with Crippen LogP contribution in [0.1, 0.15) is 40.0 Å². The molecule has 0 rings (SSSR count). The van der Waals surface area contributed by atoms with Crippen molar-refractivity contribution in [2.75, 3.05) is 32.6 Å². The van der Waals surface area contributed by atoms with E-state index in [1.165, 1.54) is 24.3 Å². The van der Waals surface area contributed by atoms with Crippen LogP contribution in [0, 0.1) is 0 Å². The first-order valence-electron chi connectivity index (χ1n) is 12.9. The van der Waals surface area contributed by atoms with Crippen LogP contribution in [0.25, 0.3) is 0 Å². The molecule has 14 heteroatoms. The first-order valence-corrected chi connectivity index (χ1v) is 14.2. The molecule has 1 radical (unpaired) electrons. The maximum absolute atomic E-state index is 12.0. The largest absolute Gasteiger partial charge is 0.772 e. The summed E-state index contributed by atoms with van der Waals surface area (Å²) in [5.41, 5.74) is 10.7. The molecule has 3 atom stereocenters. The van der Waals surface area contributed by atoms with E-state index in [1.807, 2.05) is 7.05 Å². The molecule has 12 nitrogen and oxygen atoms in total. The lowest BCUT2D eigenvalue weighted by Gasteiger charge is -2.21. The summed E-state index contributed by atoms with van der Waals surface area (Å²) >= 11 is -2.29. The van der Waals surface area contributed by atoms with E-state index in [0.29, 0.717) is 24.8 Å². The van der Waals surface area contributed by atoms with E-state index in [2.05, 4.69) is 23.8 Å². The molecule has 6 N–H and O–H groups in total. The Bertz CT molecular complexity index is 970. The van der Waals surface area contributed by atoms with Gasteiger partial charge in [-0.15, -0.1) is 0 Å². The highest BCUT2D eigenvalue weighted by molar-refractivity contribution is 7.79. The van der Waals surface area contributed by atoms with Crippen LogP contribution >= 0.6 is 0 Å². The van der Waals surface area contributed by atoms with Gasteiger partial charge < -0.3 is 36.1 Å². The van der Waals surface area contributed by atoms with Crippen LogP contribution in [-0.2, 0) is 39.7 Å². The summed E-state index contributed by atoms with van der Waals surface area (Å²) in [4.78, 5) is 44.8. The quantitative estimate of drug-likeness (QED) is 0.0265. The molecule has 0 saturated heterocycles. The predicted octanol–water partition coefficient (Wildman–Crippen LogP) is 1.58. The number of primary amides is 1.